The van der Waals surface area contributed by atoms with Crippen LogP contribution in [0, 0.1) is 0 Å². The molecule has 0 aromatic heterocycles. The zero-order chi connectivity index (χ0) is 19.5. The highest BCUT2D eigenvalue weighted by Crippen LogP contribution is 2.44. The molecule has 1 aliphatic carbocycles. The van der Waals surface area contributed by atoms with Crippen LogP contribution in [-0.4, -0.2) is 20.1 Å². The Kier molecular flexibility index (Phi) is 5.77. The predicted molar refractivity (Wildman–Crippen MR) is 108 cm³/mol. The van der Waals surface area contributed by atoms with E-state index in [1.807, 2.05) is 30.3 Å². The lowest BCUT2D eigenvalue weighted by molar-refractivity contribution is -0.130. The van der Waals surface area contributed by atoms with Gasteiger partial charge in [0.25, 0.3) is 0 Å². The van der Waals surface area contributed by atoms with Crippen molar-refractivity contribution in [2.45, 2.75) is 38.1 Å². The van der Waals surface area contributed by atoms with Gasteiger partial charge < -0.3 is 5.32 Å². The lowest BCUT2D eigenvalue weighted by Crippen LogP contribution is -2.49. The Balaban J connectivity index is 1.73. The Morgan fingerprint density at radius 3 is 2.33 bits per heavy atom. The van der Waals surface area contributed by atoms with E-state index in [9.17, 15) is 13.2 Å². The van der Waals surface area contributed by atoms with Crippen molar-refractivity contribution >= 4 is 33.2 Å². The first kappa shape index (κ1) is 19.7. The summed E-state index contributed by atoms with van der Waals surface area (Å²) in [6.45, 7) is 1.97. The molecule has 0 radical (unpaired) electrons. The summed E-state index contributed by atoms with van der Waals surface area (Å²) in [5.74, 6) is -0.000997. The molecular weight excluding hydrogens is 384 g/mol. The summed E-state index contributed by atoms with van der Waals surface area (Å²) in [6.07, 6.45) is 2.55. The highest BCUT2D eigenvalue weighted by atomic mass is 35.5. The van der Waals surface area contributed by atoms with Gasteiger partial charge >= 0.3 is 0 Å². The molecule has 1 aliphatic rings. The van der Waals surface area contributed by atoms with Gasteiger partial charge in [-0.15, -0.1) is 0 Å². The monoisotopic (exact) mass is 406 g/mol. The summed E-state index contributed by atoms with van der Waals surface area (Å²) in [5, 5.41) is 3.64. The molecule has 144 valence electrons. The fourth-order valence-corrected chi connectivity index (χ4v) is 4.11. The van der Waals surface area contributed by atoms with Crippen molar-refractivity contribution in [2.75, 3.05) is 10.5 Å². The van der Waals surface area contributed by atoms with E-state index >= 15 is 0 Å². The minimum Gasteiger partial charge on any atom is -0.351 e. The first-order chi connectivity index (χ1) is 12.9. The maximum absolute atomic E-state index is 12.9. The second-order valence-corrected chi connectivity index (χ2v) is 9.21. The quantitative estimate of drug-likeness (QED) is 0.733. The smallest absolute Gasteiger partial charge is 0.232 e. The second-order valence-electron chi connectivity index (χ2n) is 6.79. The largest absolute Gasteiger partial charge is 0.351 e. The SMILES string of the molecule is CCS(=O)(=O)Nc1ccc(C2(C(=O)NCc3ccccc3Cl)CCC2)cc1. The van der Waals surface area contributed by atoms with E-state index in [2.05, 4.69) is 10.0 Å². The third kappa shape index (κ3) is 4.28. The molecule has 0 heterocycles. The van der Waals surface area contributed by atoms with Crippen molar-refractivity contribution in [1.82, 2.24) is 5.32 Å². The number of carbonyl (C=O) groups is 1. The van der Waals surface area contributed by atoms with Gasteiger partial charge in [-0.05, 0) is 49.1 Å². The molecular formula is C20H23ClN2O3S. The highest BCUT2D eigenvalue weighted by Gasteiger charge is 2.45. The summed E-state index contributed by atoms with van der Waals surface area (Å²) < 4.78 is 25.9. The van der Waals surface area contributed by atoms with Crippen molar-refractivity contribution in [1.29, 1.82) is 0 Å². The first-order valence-electron chi connectivity index (χ1n) is 8.99. The minimum absolute atomic E-state index is 0.0170. The fraction of sp³-hybridized carbons (Fsp3) is 0.350. The van der Waals surface area contributed by atoms with Crippen molar-refractivity contribution in [3.05, 3.63) is 64.7 Å². The third-order valence-electron chi connectivity index (χ3n) is 5.13. The molecule has 0 bridgehead atoms. The molecule has 0 spiro atoms. The number of sulfonamides is 1. The van der Waals surface area contributed by atoms with Crippen molar-refractivity contribution < 1.29 is 13.2 Å². The normalized spacial score (nSPS) is 15.6. The summed E-state index contributed by atoms with van der Waals surface area (Å²) in [7, 11) is -3.31. The Labute approximate surface area is 165 Å². The number of nitrogens with one attached hydrogen (secondary N) is 2. The first-order valence-corrected chi connectivity index (χ1v) is 11.0. The Hall–Kier alpha value is -2.05. The number of hydrogen-bond donors (Lipinski definition) is 2. The Bertz CT molecular complexity index is 922. The van der Waals surface area contributed by atoms with Gasteiger partial charge in [0.2, 0.25) is 15.9 Å². The number of amides is 1. The number of benzene rings is 2. The van der Waals surface area contributed by atoms with Crippen LogP contribution in [0.5, 0.6) is 0 Å². The molecule has 2 aromatic carbocycles. The average Bonchev–Trinajstić information content (AvgIpc) is 2.61. The van der Waals surface area contributed by atoms with Crippen molar-refractivity contribution in [3.63, 3.8) is 0 Å². The predicted octanol–water partition coefficient (Wildman–Crippen LogP) is 3.84. The van der Waals surface area contributed by atoms with Crippen LogP contribution in [0.25, 0.3) is 0 Å². The van der Waals surface area contributed by atoms with E-state index in [1.54, 1.807) is 25.1 Å². The van der Waals surface area contributed by atoms with Gasteiger partial charge in [-0.1, -0.05) is 48.4 Å². The number of rotatable bonds is 7. The molecule has 27 heavy (non-hydrogen) atoms. The van der Waals surface area contributed by atoms with Gasteiger partial charge in [-0.3, -0.25) is 9.52 Å². The van der Waals surface area contributed by atoms with E-state index < -0.39 is 15.4 Å². The lowest BCUT2D eigenvalue weighted by atomic mass is 9.63. The molecule has 0 aliphatic heterocycles. The molecule has 1 amide bonds. The molecule has 0 unspecified atom stereocenters. The van der Waals surface area contributed by atoms with Gasteiger partial charge in [0.1, 0.15) is 0 Å². The summed E-state index contributed by atoms with van der Waals surface area (Å²) in [4.78, 5) is 12.9. The van der Waals surface area contributed by atoms with Crippen LogP contribution >= 0.6 is 11.6 Å². The Morgan fingerprint density at radius 2 is 1.78 bits per heavy atom. The van der Waals surface area contributed by atoms with E-state index in [0.29, 0.717) is 17.3 Å². The Morgan fingerprint density at radius 1 is 1.11 bits per heavy atom. The number of halogens is 1. The van der Waals surface area contributed by atoms with Crippen LogP contribution in [-0.2, 0) is 26.8 Å². The maximum Gasteiger partial charge on any atom is 0.232 e. The molecule has 2 N–H and O–H groups in total. The van der Waals surface area contributed by atoms with Crippen molar-refractivity contribution in [2.24, 2.45) is 0 Å². The lowest BCUT2D eigenvalue weighted by Gasteiger charge is -2.40. The van der Waals surface area contributed by atoms with Gasteiger partial charge in [0.05, 0.1) is 11.2 Å². The van der Waals surface area contributed by atoms with E-state index in [1.165, 1.54) is 0 Å². The average molecular weight is 407 g/mol. The minimum atomic E-state index is -3.31. The van der Waals surface area contributed by atoms with E-state index in [0.717, 1.165) is 30.4 Å². The second kappa shape index (κ2) is 7.90. The van der Waals surface area contributed by atoms with Gasteiger partial charge in [0, 0.05) is 17.3 Å². The zero-order valence-corrected chi connectivity index (χ0v) is 16.7. The van der Waals surface area contributed by atoms with Crippen LogP contribution in [0.1, 0.15) is 37.3 Å². The molecule has 1 saturated carbocycles. The fourth-order valence-electron chi connectivity index (χ4n) is 3.27. The number of anilines is 1. The molecule has 0 atom stereocenters. The molecule has 7 heteroatoms. The van der Waals surface area contributed by atoms with Crippen LogP contribution in [0.2, 0.25) is 5.02 Å². The molecule has 3 rings (SSSR count). The number of carbonyl (C=O) groups excluding carboxylic acids is 1. The molecule has 1 fully saturated rings. The van der Waals surface area contributed by atoms with Crippen LogP contribution in [0.3, 0.4) is 0 Å². The molecule has 2 aromatic rings. The summed E-state index contributed by atoms with van der Waals surface area (Å²) in [6, 6.07) is 14.5. The topological polar surface area (TPSA) is 75.3 Å². The van der Waals surface area contributed by atoms with Crippen LogP contribution in [0.4, 0.5) is 5.69 Å². The molecule has 5 nitrogen and oxygen atoms in total. The molecule has 0 saturated heterocycles. The zero-order valence-electron chi connectivity index (χ0n) is 15.2. The van der Waals surface area contributed by atoms with E-state index in [-0.39, 0.29) is 11.7 Å². The van der Waals surface area contributed by atoms with Crippen LogP contribution in [0.15, 0.2) is 48.5 Å². The number of hydrogen-bond acceptors (Lipinski definition) is 3. The van der Waals surface area contributed by atoms with E-state index in [4.69, 9.17) is 11.6 Å². The van der Waals surface area contributed by atoms with Crippen LogP contribution < -0.4 is 10.0 Å². The van der Waals surface area contributed by atoms with Gasteiger partial charge in [-0.25, -0.2) is 8.42 Å². The maximum atomic E-state index is 12.9. The highest BCUT2D eigenvalue weighted by molar-refractivity contribution is 7.92. The summed E-state index contributed by atoms with van der Waals surface area (Å²) in [5.41, 5.74) is 1.74. The summed E-state index contributed by atoms with van der Waals surface area (Å²) >= 11 is 6.16. The third-order valence-corrected chi connectivity index (χ3v) is 6.81. The van der Waals surface area contributed by atoms with Gasteiger partial charge in [-0.2, -0.15) is 0 Å². The standard InChI is InChI=1S/C20H23ClN2O3S/c1-2-27(25,26)23-17-10-8-16(9-11-17)20(12-5-13-20)19(24)22-14-15-6-3-4-7-18(15)21/h3-4,6-11,23H,2,5,12-14H2,1H3,(H,22,24). The van der Waals surface area contributed by atoms with Crippen molar-refractivity contribution in [3.8, 4) is 0 Å². The van der Waals surface area contributed by atoms with Gasteiger partial charge in [0.15, 0.2) is 0 Å².